The lowest BCUT2D eigenvalue weighted by atomic mass is 10.0. The van der Waals surface area contributed by atoms with Gasteiger partial charge >= 0.3 is 0 Å². The van der Waals surface area contributed by atoms with E-state index in [0.717, 1.165) is 50.5 Å². The molecule has 2 aliphatic rings. The molecule has 0 amide bonds. The van der Waals surface area contributed by atoms with Gasteiger partial charge in [0.15, 0.2) is 0 Å². The Labute approximate surface area is 155 Å². The molecule has 0 saturated heterocycles. The maximum atomic E-state index is 5.97. The molecule has 3 rings (SSSR count). The highest BCUT2D eigenvalue weighted by Gasteiger charge is 2.26. The van der Waals surface area contributed by atoms with Crippen LogP contribution in [0.5, 0.6) is 11.5 Å². The topological polar surface area (TPSA) is 43.4 Å². The molecule has 142 valence electrons. The van der Waals surface area contributed by atoms with Gasteiger partial charge in [-0.25, -0.2) is 0 Å². The van der Waals surface area contributed by atoms with Gasteiger partial charge in [-0.05, 0) is 25.0 Å². The molecular weight excluding hydrogens is 332 g/mol. The smallest absolute Gasteiger partial charge is 0.142 e. The summed E-state index contributed by atoms with van der Waals surface area (Å²) < 4.78 is 22.3. The van der Waals surface area contributed by atoms with Crippen molar-refractivity contribution in [1.29, 1.82) is 0 Å². The van der Waals surface area contributed by atoms with Crippen LogP contribution in [-0.2, 0) is 22.6 Å². The molecule has 0 saturated carbocycles. The summed E-state index contributed by atoms with van der Waals surface area (Å²) in [6, 6.07) is 4.06. The molecule has 6 nitrogen and oxygen atoms in total. The van der Waals surface area contributed by atoms with Crippen LogP contribution in [0.25, 0.3) is 0 Å². The summed E-state index contributed by atoms with van der Waals surface area (Å²) in [7, 11) is 0. The lowest BCUT2D eigenvalue weighted by molar-refractivity contribution is 0.0720. The number of hydrogen-bond acceptors (Lipinski definition) is 6. The summed E-state index contributed by atoms with van der Waals surface area (Å²) in [5.74, 6) is 1.95. The fourth-order valence-corrected chi connectivity index (χ4v) is 3.32. The number of rotatable bonds is 10. The van der Waals surface area contributed by atoms with E-state index in [-0.39, 0.29) is 0 Å². The largest absolute Gasteiger partial charge is 0.502 e. The van der Waals surface area contributed by atoms with Crippen molar-refractivity contribution in [2.75, 3.05) is 39.8 Å². The molecule has 0 aliphatic carbocycles. The van der Waals surface area contributed by atoms with Gasteiger partial charge in [0.1, 0.15) is 25.0 Å². The van der Waals surface area contributed by atoms with E-state index < -0.39 is 0 Å². The predicted octanol–water partition coefficient (Wildman–Crippen LogP) is 3.09. The van der Waals surface area contributed by atoms with E-state index in [0.29, 0.717) is 26.7 Å². The van der Waals surface area contributed by atoms with E-state index in [9.17, 15) is 0 Å². The average molecular weight is 360 g/mol. The first-order chi connectivity index (χ1) is 12.8. The van der Waals surface area contributed by atoms with E-state index in [1.54, 1.807) is 0 Å². The zero-order valence-corrected chi connectivity index (χ0v) is 15.3. The van der Waals surface area contributed by atoms with E-state index in [1.165, 1.54) is 23.7 Å². The van der Waals surface area contributed by atoms with Crippen LogP contribution in [-0.4, -0.2) is 49.6 Å². The molecule has 0 unspecified atom stereocenters. The van der Waals surface area contributed by atoms with Gasteiger partial charge in [-0.3, -0.25) is 9.80 Å². The SMILES string of the molecule is C=COCCCN1COc2ccc3c(c2C1)CN(CCCOC=C)CO3. The van der Waals surface area contributed by atoms with Crippen LogP contribution in [0, 0.1) is 0 Å². The zero-order chi connectivity index (χ0) is 18.2. The van der Waals surface area contributed by atoms with Crippen molar-refractivity contribution < 1.29 is 18.9 Å². The maximum absolute atomic E-state index is 5.97. The fourth-order valence-electron chi connectivity index (χ4n) is 3.32. The number of fused-ring (bicyclic) bond motifs is 3. The summed E-state index contributed by atoms with van der Waals surface area (Å²) in [4.78, 5) is 4.60. The summed E-state index contributed by atoms with van der Waals surface area (Å²) in [5.41, 5.74) is 2.48. The molecule has 0 radical (unpaired) electrons. The van der Waals surface area contributed by atoms with Crippen LogP contribution in [0.4, 0.5) is 0 Å². The average Bonchev–Trinajstić information content (AvgIpc) is 2.68. The molecule has 0 spiro atoms. The molecule has 0 N–H and O–H groups in total. The second kappa shape index (κ2) is 9.50. The quantitative estimate of drug-likeness (QED) is 0.472. The number of hydrogen-bond donors (Lipinski definition) is 0. The minimum Gasteiger partial charge on any atom is -0.502 e. The van der Waals surface area contributed by atoms with Crippen LogP contribution >= 0.6 is 0 Å². The van der Waals surface area contributed by atoms with E-state index in [4.69, 9.17) is 18.9 Å². The van der Waals surface area contributed by atoms with Gasteiger partial charge < -0.3 is 18.9 Å². The first kappa shape index (κ1) is 18.6. The summed E-state index contributed by atoms with van der Waals surface area (Å²) in [6.07, 6.45) is 4.88. The molecule has 0 fully saturated rings. The Morgan fingerprint density at radius 1 is 0.846 bits per heavy atom. The first-order valence-corrected chi connectivity index (χ1v) is 9.12. The van der Waals surface area contributed by atoms with Gasteiger partial charge in [-0.1, -0.05) is 13.2 Å². The fraction of sp³-hybridized carbons (Fsp3) is 0.500. The molecule has 0 bridgehead atoms. The molecule has 0 aromatic heterocycles. The summed E-state index contributed by atoms with van der Waals surface area (Å²) in [5, 5.41) is 0. The molecule has 0 atom stereocenters. The second-order valence-electron chi connectivity index (χ2n) is 6.45. The molecular formula is C20H28N2O4. The standard InChI is InChI=1S/C20H28N2O4/c1-3-23-11-5-9-21-13-17-18-14-22(10-6-12-24-4-2)16-26-20(18)8-7-19(17)25-15-21/h3-4,7-8H,1-2,5-6,9-16H2. The Morgan fingerprint density at radius 3 is 1.73 bits per heavy atom. The molecule has 1 aromatic carbocycles. The third kappa shape index (κ3) is 4.71. The van der Waals surface area contributed by atoms with Crippen LogP contribution in [0.1, 0.15) is 24.0 Å². The maximum Gasteiger partial charge on any atom is 0.142 e. The summed E-state index contributed by atoms with van der Waals surface area (Å²) in [6.45, 7) is 13.4. The molecule has 6 heteroatoms. The lowest BCUT2D eigenvalue weighted by Gasteiger charge is -2.35. The second-order valence-corrected chi connectivity index (χ2v) is 6.45. The van der Waals surface area contributed by atoms with Gasteiger partial charge in [0.25, 0.3) is 0 Å². The van der Waals surface area contributed by atoms with E-state index in [1.807, 2.05) is 12.1 Å². The first-order valence-electron chi connectivity index (χ1n) is 9.12. The molecule has 26 heavy (non-hydrogen) atoms. The van der Waals surface area contributed by atoms with Crippen LogP contribution in [0.2, 0.25) is 0 Å². The van der Waals surface area contributed by atoms with Gasteiger partial charge in [0.2, 0.25) is 0 Å². The Hall–Kier alpha value is -2.18. The zero-order valence-electron chi connectivity index (χ0n) is 15.3. The predicted molar refractivity (Wildman–Crippen MR) is 99.8 cm³/mol. The molecule has 2 aliphatic heterocycles. The Kier molecular flexibility index (Phi) is 6.80. The number of nitrogens with zero attached hydrogens (tertiary/aromatic N) is 2. The van der Waals surface area contributed by atoms with Crippen LogP contribution < -0.4 is 9.47 Å². The third-order valence-electron chi connectivity index (χ3n) is 4.62. The van der Waals surface area contributed by atoms with Crippen molar-refractivity contribution in [3.05, 3.63) is 48.9 Å². The Balaban J connectivity index is 1.61. The highest BCUT2D eigenvalue weighted by molar-refractivity contribution is 5.50. The van der Waals surface area contributed by atoms with Crippen molar-refractivity contribution in [3.63, 3.8) is 0 Å². The number of ether oxygens (including phenoxy) is 4. The lowest BCUT2D eigenvalue weighted by Crippen LogP contribution is -2.37. The van der Waals surface area contributed by atoms with Crippen molar-refractivity contribution in [3.8, 4) is 11.5 Å². The molecule has 2 heterocycles. The normalized spacial score (nSPS) is 16.6. The van der Waals surface area contributed by atoms with E-state index in [2.05, 4.69) is 23.0 Å². The van der Waals surface area contributed by atoms with Crippen molar-refractivity contribution in [2.45, 2.75) is 25.9 Å². The highest BCUT2D eigenvalue weighted by atomic mass is 16.5. The van der Waals surface area contributed by atoms with Crippen molar-refractivity contribution in [2.24, 2.45) is 0 Å². The number of benzene rings is 1. The van der Waals surface area contributed by atoms with E-state index >= 15 is 0 Å². The van der Waals surface area contributed by atoms with Gasteiger partial charge in [0.05, 0.1) is 25.7 Å². The summed E-state index contributed by atoms with van der Waals surface area (Å²) >= 11 is 0. The minimum absolute atomic E-state index is 0.614. The Bertz CT molecular complexity index is 567. The minimum atomic E-state index is 0.614. The monoisotopic (exact) mass is 360 g/mol. The van der Waals surface area contributed by atoms with Crippen molar-refractivity contribution in [1.82, 2.24) is 9.80 Å². The van der Waals surface area contributed by atoms with Crippen molar-refractivity contribution >= 4 is 0 Å². The van der Waals surface area contributed by atoms with Gasteiger partial charge in [-0.2, -0.15) is 0 Å². The van der Waals surface area contributed by atoms with Gasteiger partial charge in [-0.15, -0.1) is 0 Å². The highest BCUT2D eigenvalue weighted by Crippen LogP contribution is 2.37. The van der Waals surface area contributed by atoms with Gasteiger partial charge in [0, 0.05) is 37.3 Å². The third-order valence-corrected chi connectivity index (χ3v) is 4.62. The van der Waals surface area contributed by atoms with Crippen LogP contribution in [0.15, 0.2) is 37.8 Å². The van der Waals surface area contributed by atoms with Crippen LogP contribution in [0.3, 0.4) is 0 Å². The molecule has 1 aromatic rings. The Morgan fingerprint density at radius 2 is 1.31 bits per heavy atom.